The van der Waals surface area contributed by atoms with Gasteiger partial charge in [0.2, 0.25) is 5.91 Å². The van der Waals surface area contributed by atoms with E-state index in [-0.39, 0.29) is 5.91 Å². The lowest BCUT2D eigenvalue weighted by Gasteiger charge is -2.28. The van der Waals surface area contributed by atoms with Crippen molar-refractivity contribution in [3.05, 3.63) is 0 Å². The predicted molar refractivity (Wildman–Crippen MR) is 53.2 cm³/mol. The zero-order valence-corrected chi connectivity index (χ0v) is 8.84. The second-order valence-electron chi connectivity index (χ2n) is 4.51. The molecule has 1 rings (SSSR count). The first-order valence-corrected chi connectivity index (χ1v) is 5.03. The van der Waals surface area contributed by atoms with Crippen LogP contribution in [0.1, 0.15) is 33.6 Å². The number of carbonyl (C=O) groups excluding carboxylic acids is 1. The highest BCUT2D eigenvalue weighted by Crippen LogP contribution is 2.30. The van der Waals surface area contributed by atoms with Crippen LogP contribution in [0.2, 0.25) is 0 Å². The van der Waals surface area contributed by atoms with Gasteiger partial charge in [-0.05, 0) is 39.5 Å². The average Bonchev–Trinajstić information content (AvgIpc) is 2.80. The van der Waals surface area contributed by atoms with Gasteiger partial charge in [0.25, 0.3) is 0 Å². The molecule has 0 spiro atoms. The van der Waals surface area contributed by atoms with Crippen molar-refractivity contribution in [3.8, 4) is 0 Å². The first kappa shape index (κ1) is 10.5. The minimum absolute atomic E-state index is 0.0712. The highest BCUT2D eigenvalue weighted by Gasteiger charge is 2.31. The SMILES string of the molecule is CCN(CC1CC1)C(=O)C(C)(C)N. The Morgan fingerprint density at radius 3 is 2.38 bits per heavy atom. The minimum Gasteiger partial charge on any atom is -0.341 e. The van der Waals surface area contributed by atoms with Crippen LogP contribution in [0.15, 0.2) is 0 Å². The third-order valence-electron chi connectivity index (χ3n) is 2.40. The Balaban J connectivity index is 2.48. The fourth-order valence-corrected chi connectivity index (χ4v) is 1.38. The summed E-state index contributed by atoms with van der Waals surface area (Å²) in [6.45, 7) is 7.22. The number of amides is 1. The molecule has 76 valence electrons. The highest BCUT2D eigenvalue weighted by molar-refractivity contribution is 5.85. The van der Waals surface area contributed by atoms with Crippen molar-refractivity contribution in [2.75, 3.05) is 13.1 Å². The van der Waals surface area contributed by atoms with Gasteiger partial charge in [-0.25, -0.2) is 0 Å². The summed E-state index contributed by atoms with van der Waals surface area (Å²) >= 11 is 0. The Labute approximate surface area is 80.3 Å². The topological polar surface area (TPSA) is 46.3 Å². The number of hydrogen-bond acceptors (Lipinski definition) is 2. The standard InChI is InChI=1S/C10H20N2O/c1-4-12(7-8-5-6-8)9(13)10(2,3)11/h8H,4-7,11H2,1-3H3. The molecule has 1 fully saturated rings. The van der Waals surface area contributed by atoms with Gasteiger partial charge in [0.1, 0.15) is 0 Å². The summed E-state index contributed by atoms with van der Waals surface area (Å²) in [6.07, 6.45) is 2.55. The van der Waals surface area contributed by atoms with Crippen LogP contribution >= 0.6 is 0 Å². The highest BCUT2D eigenvalue weighted by atomic mass is 16.2. The Hall–Kier alpha value is -0.570. The summed E-state index contributed by atoms with van der Waals surface area (Å²) in [6, 6.07) is 0. The molecule has 0 aliphatic heterocycles. The molecule has 1 aliphatic rings. The van der Waals surface area contributed by atoms with Gasteiger partial charge in [-0.1, -0.05) is 0 Å². The largest absolute Gasteiger partial charge is 0.341 e. The predicted octanol–water partition coefficient (Wildman–Crippen LogP) is 0.982. The van der Waals surface area contributed by atoms with Crippen LogP contribution in [0.5, 0.6) is 0 Å². The molecule has 0 bridgehead atoms. The number of rotatable bonds is 4. The van der Waals surface area contributed by atoms with Gasteiger partial charge in [0, 0.05) is 13.1 Å². The van der Waals surface area contributed by atoms with E-state index in [1.54, 1.807) is 13.8 Å². The zero-order valence-electron chi connectivity index (χ0n) is 8.84. The summed E-state index contributed by atoms with van der Waals surface area (Å²) in [7, 11) is 0. The first-order chi connectivity index (χ1) is 5.95. The van der Waals surface area contributed by atoms with E-state index in [4.69, 9.17) is 5.73 Å². The van der Waals surface area contributed by atoms with Gasteiger partial charge in [-0.3, -0.25) is 4.79 Å². The molecule has 0 heterocycles. The fraction of sp³-hybridized carbons (Fsp3) is 0.900. The summed E-state index contributed by atoms with van der Waals surface area (Å²) in [5.74, 6) is 0.813. The van der Waals surface area contributed by atoms with E-state index < -0.39 is 5.54 Å². The summed E-state index contributed by atoms with van der Waals surface area (Å²) < 4.78 is 0. The molecule has 13 heavy (non-hydrogen) atoms. The molecule has 1 aliphatic carbocycles. The summed E-state index contributed by atoms with van der Waals surface area (Å²) in [5.41, 5.74) is 5.04. The Morgan fingerprint density at radius 2 is 2.08 bits per heavy atom. The zero-order chi connectivity index (χ0) is 10.1. The molecule has 0 atom stereocenters. The summed E-state index contributed by atoms with van der Waals surface area (Å²) in [4.78, 5) is 13.6. The van der Waals surface area contributed by atoms with Crippen LogP contribution < -0.4 is 5.73 Å². The number of carbonyl (C=O) groups is 1. The maximum Gasteiger partial charge on any atom is 0.242 e. The van der Waals surface area contributed by atoms with E-state index in [9.17, 15) is 4.79 Å². The summed E-state index contributed by atoms with van der Waals surface area (Å²) in [5, 5.41) is 0. The van der Waals surface area contributed by atoms with E-state index in [1.807, 2.05) is 11.8 Å². The lowest BCUT2D eigenvalue weighted by atomic mass is 10.1. The van der Waals surface area contributed by atoms with Crippen LogP contribution in [0.3, 0.4) is 0 Å². The van der Waals surface area contributed by atoms with E-state index >= 15 is 0 Å². The normalized spacial score (nSPS) is 17.2. The first-order valence-electron chi connectivity index (χ1n) is 5.03. The molecular formula is C10H20N2O. The maximum atomic E-state index is 11.8. The molecule has 0 aromatic heterocycles. The van der Waals surface area contributed by atoms with Crippen molar-refractivity contribution in [2.45, 2.75) is 39.2 Å². The third kappa shape index (κ3) is 2.99. The van der Waals surface area contributed by atoms with Crippen LogP contribution in [0, 0.1) is 5.92 Å². The molecule has 0 radical (unpaired) electrons. The lowest BCUT2D eigenvalue weighted by molar-refractivity contribution is -0.135. The van der Waals surface area contributed by atoms with Crippen LogP contribution in [-0.4, -0.2) is 29.4 Å². The van der Waals surface area contributed by atoms with Crippen molar-refractivity contribution in [1.82, 2.24) is 4.90 Å². The molecule has 2 N–H and O–H groups in total. The second kappa shape index (κ2) is 3.66. The lowest BCUT2D eigenvalue weighted by Crippen LogP contribution is -2.51. The molecular weight excluding hydrogens is 164 g/mol. The quantitative estimate of drug-likeness (QED) is 0.708. The monoisotopic (exact) mass is 184 g/mol. The van der Waals surface area contributed by atoms with Crippen molar-refractivity contribution in [2.24, 2.45) is 11.7 Å². The van der Waals surface area contributed by atoms with Gasteiger partial charge in [0.15, 0.2) is 0 Å². The van der Waals surface area contributed by atoms with Crippen LogP contribution in [-0.2, 0) is 4.79 Å². The number of likely N-dealkylation sites (N-methyl/N-ethyl adjacent to an activating group) is 1. The Morgan fingerprint density at radius 1 is 1.54 bits per heavy atom. The molecule has 0 aromatic carbocycles. The molecule has 0 unspecified atom stereocenters. The molecule has 0 saturated heterocycles. The smallest absolute Gasteiger partial charge is 0.242 e. The molecule has 1 saturated carbocycles. The fourth-order valence-electron chi connectivity index (χ4n) is 1.38. The van der Waals surface area contributed by atoms with Crippen molar-refractivity contribution in [1.29, 1.82) is 0 Å². The number of nitrogens with zero attached hydrogens (tertiary/aromatic N) is 1. The third-order valence-corrected chi connectivity index (χ3v) is 2.40. The van der Waals surface area contributed by atoms with Crippen molar-refractivity contribution >= 4 is 5.91 Å². The van der Waals surface area contributed by atoms with Gasteiger partial charge in [0.05, 0.1) is 5.54 Å². The van der Waals surface area contributed by atoms with E-state index in [2.05, 4.69) is 0 Å². The van der Waals surface area contributed by atoms with E-state index in [0.29, 0.717) is 0 Å². The van der Waals surface area contributed by atoms with Gasteiger partial charge < -0.3 is 10.6 Å². The molecule has 1 amide bonds. The van der Waals surface area contributed by atoms with Crippen molar-refractivity contribution in [3.63, 3.8) is 0 Å². The van der Waals surface area contributed by atoms with Gasteiger partial charge >= 0.3 is 0 Å². The van der Waals surface area contributed by atoms with Crippen LogP contribution in [0.25, 0.3) is 0 Å². The van der Waals surface area contributed by atoms with Crippen molar-refractivity contribution < 1.29 is 4.79 Å². The Kier molecular flexibility index (Phi) is 2.96. The molecule has 3 nitrogen and oxygen atoms in total. The van der Waals surface area contributed by atoms with E-state index in [0.717, 1.165) is 19.0 Å². The number of hydrogen-bond donors (Lipinski definition) is 1. The maximum absolute atomic E-state index is 11.8. The number of nitrogens with two attached hydrogens (primary N) is 1. The van der Waals surface area contributed by atoms with Gasteiger partial charge in [-0.2, -0.15) is 0 Å². The average molecular weight is 184 g/mol. The Bertz CT molecular complexity index is 192. The minimum atomic E-state index is -0.717. The second-order valence-corrected chi connectivity index (χ2v) is 4.51. The molecule has 0 aromatic rings. The van der Waals surface area contributed by atoms with Crippen LogP contribution in [0.4, 0.5) is 0 Å². The van der Waals surface area contributed by atoms with E-state index in [1.165, 1.54) is 12.8 Å². The van der Waals surface area contributed by atoms with Gasteiger partial charge in [-0.15, -0.1) is 0 Å². The molecule has 3 heteroatoms.